The first-order valence-electron chi connectivity index (χ1n) is 4.72. The van der Waals surface area contributed by atoms with E-state index in [4.69, 9.17) is 11.6 Å². The lowest BCUT2D eigenvalue weighted by Gasteiger charge is -2.23. The lowest BCUT2D eigenvalue weighted by molar-refractivity contribution is 0.169. The molecule has 0 amide bonds. The molecular weight excluding hydrogens is 176 g/mol. The molecule has 0 aliphatic rings. The van der Waals surface area contributed by atoms with E-state index in [0.717, 1.165) is 12.0 Å². The summed E-state index contributed by atoms with van der Waals surface area (Å²) in [5, 5.41) is 1.65. The summed E-state index contributed by atoms with van der Waals surface area (Å²) >= 11 is 0. The number of nitrogens with zero attached hydrogens (tertiary/aromatic N) is 1. The van der Waals surface area contributed by atoms with Crippen molar-refractivity contribution in [3.05, 3.63) is 35.4 Å². The maximum atomic E-state index is 5.92. The minimum absolute atomic E-state index is 0.217. The molecule has 0 heterocycles. The van der Waals surface area contributed by atoms with Crippen LogP contribution in [-0.4, -0.2) is 12.1 Å². The molecule has 4 nitrogen and oxygen atoms in total. The average molecular weight is 194 g/mol. The van der Waals surface area contributed by atoms with Gasteiger partial charge in [-0.15, -0.1) is 0 Å². The number of rotatable bonds is 4. The Morgan fingerprint density at radius 3 is 2.36 bits per heavy atom. The molecule has 78 valence electrons. The molecule has 0 saturated heterocycles. The van der Waals surface area contributed by atoms with Gasteiger partial charge in [-0.05, 0) is 17.5 Å². The van der Waals surface area contributed by atoms with E-state index < -0.39 is 0 Å². The van der Waals surface area contributed by atoms with Crippen molar-refractivity contribution in [1.29, 1.82) is 0 Å². The predicted octanol–water partition coefficient (Wildman–Crippen LogP) is 0.516. The fourth-order valence-electron chi connectivity index (χ4n) is 1.25. The lowest BCUT2D eigenvalue weighted by atomic mass is 10.1. The van der Waals surface area contributed by atoms with Gasteiger partial charge in [0, 0.05) is 7.05 Å². The molecule has 0 fully saturated rings. The highest BCUT2D eigenvalue weighted by Crippen LogP contribution is 2.13. The molecule has 1 unspecified atom stereocenters. The molecule has 0 aliphatic heterocycles. The Morgan fingerprint density at radius 1 is 1.36 bits per heavy atom. The van der Waals surface area contributed by atoms with E-state index in [2.05, 4.69) is 24.6 Å². The van der Waals surface area contributed by atoms with Gasteiger partial charge in [0.2, 0.25) is 0 Å². The molecule has 4 heteroatoms. The van der Waals surface area contributed by atoms with Crippen molar-refractivity contribution in [2.24, 2.45) is 11.6 Å². The van der Waals surface area contributed by atoms with Gasteiger partial charge in [0.05, 0.1) is 6.17 Å². The highest BCUT2D eigenvalue weighted by molar-refractivity contribution is 5.24. The maximum Gasteiger partial charge on any atom is 0.0977 e. The fraction of sp³-hybridized carbons (Fsp3) is 0.400. The quantitative estimate of drug-likeness (QED) is 0.371. The number of aryl methyl sites for hydroxylation is 1. The first kappa shape index (κ1) is 11.1. The maximum absolute atomic E-state index is 5.92. The molecule has 1 rings (SSSR count). The summed E-state index contributed by atoms with van der Waals surface area (Å²) in [5.74, 6) is 5.26. The summed E-state index contributed by atoms with van der Waals surface area (Å²) in [6.07, 6.45) is 0.825. The minimum atomic E-state index is -0.217. The number of nitrogens with two attached hydrogens (primary N) is 2. The van der Waals surface area contributed by atoms with Crippen LogP contribution in [0.4, 0.5) is 0 Å². The van der Waals surface area contributed by atoms with E-state index in [1.165, 1.54) is 5.56 Å². The normalized spacial score (nSPS) is 13.2. The molecule has 0 bridgehead atoms. The van der Waals surface area contributed by atoms with Crippen LogP contribution >= 0.6 is 0 Å². The smallest absolute Gasteiger partial charge is 0.0977 e. The van der Waals surface area contributed by atoms with Gasteiger partial charge >= 0.3 is 0 Å². The Bertz CT molecular complexity index is 270. The Labute approximate surface area is 84.8 Å². The molecule has 1 aromatic rings. The summed E-state index contributed by atoms with van der Waals surface area (Å²) < 4.78 is 0. The van der Waals surface area contributed by atoms with Crippen LogP contribution in [0.2, 0.25) is 0 Å². The van der Waals surface area contributed by atoms with Crippen LogP contribution in [0.15, 0.2) is 24.3 Å². The molecule has 14 heavy (non-hydrogen) atoms. The van der Waals surface area contributed by atoms with Crippen LogP contribution in [0.1, 0.15) is 24.2 Å². The molecule has 0 saturated carbocycles. The number of hydrazine groups is 2. The van der Waals surface area contributed by atoms with Gasteiger partial charge in [-0.1, -0.05) is 31.2 Å². The molecule has 0 radical (unpaired) electrons. The highest BCUT2D eigenvalue weighted by atomic mass is 15.6. The summed E-state index contributed by atoms with van der Waals surface area (Å²) in [6.45, 7) is 2.13. The van der Waals surface area contributed by atoms with Crippen molar-refractivity contribution in [2.45, 2.75) is 19.5 Å². The highest BCUT2D eigenvalue weighted by Gasteiger charge is 2.09. The van der Waals surface area contributed by atoms with Crippen LogP contribution in [0, 0.1) is 0 Å². The predicted molar refractivity (Wildman–Crippen MR) is 57.8 cm³/mol. The molecule has 1 aromatic carbocycles. The van der Waals surface area contributed by atoms with Gasteiger partial charge in [-0.3, -0.25) is 5.84 Å². The number of hydrogen-bond acceptors (Lipinski definition) is 4. The Hall–Kier alpha value is -0.940. The van der Waals surface area contributed by atoms with Crippen molar-refractivity contribution in [1.82, 2.24) is 10.5 Å². The van der Waals surface area contributed by atoms with E-state index in [-0.39, 0.29) is 6.17 Å². The molecule has 0 aromatic heterocycles. The van der Waals surface area contributed by atoms with E-state index >= 15 is 0 Å². The zero-order valence-electron chi connectivity index (χ0n) is 8.70. The first-order chi connectivity index (χ1) is 6.69. The summed E-state index contributed by atoms with van der Waals surface area (Å²) in [7, 11) is 1.80. The first-order valence-corrected chi connectivity index (χ1v) is 4.72. The molecule has 1 atom stereocenters. The van der Waals surface area contributed by atoms with E-state index in [1.54, 1.807) is 12.1 Å². The van der Waals surface area contributed by atoms with Crippen LogP contribution in [-0.2, 0) is 6.42 Å². The minimum Gasteiger partial charge on any atom is -0.311 e. The van der Waals surface area contributed by atoms with Gasteiger partial charge in [0.25, 0.3) is 0 Å². The molecule has 0 spiro atoms. The monoisotopic (exact) mass is 194 g/mol. The van der Waals surface area contributed by atoms with Crippen LogP contribution in [0.5, 0.6) is 0 Å². The Morgan fingerprint density at radius 2 is 1.93 bits per heavy atom. The average Bonchev–Trinajstić information content (AvgIpc) is 2.27. The zero-order valence-corrected chi connectivity index (χ0v) is 8.70. The second-order valence-electron chi connectivity index (χ2n) is 3.28. The summed E-state index contributed by atoms with van der Waals surface area (Å²) in [5.41, 5.74) is 10.8. The van der Waals surface area contributed by atoms with E-state index in [0.29, 0.717) is 0 Å². The second-order valence-corrected chi connectivity index (χ2v) is 3.28. The van der Waals surface area contributed by atoms with Crippen molar-refractivity contribution < 1.29 is 0 Å². The van der Waals surface area contributed by atoms with Crippen LogP contribution in [0.25, 0.3) is 0 Å². The topological polar surface area (TPSA) is 67.3 Å². The Kier molecular flexibility index (Phi) is 4.03. The van der Waals surface area contributed by atoms with Gasteiger partial charge in [0.15, 0.2) is 0 Å². The summed E-state index contributed by atoms with van der Waals surface area (Å²) in [4.78, 5) is 0. The van der Waals surface area contributed by atoms with E-state index in [1.807, 2.05) is 12.1 Å². The molecular formula is C10H18N4. The number of hydrogen-bond donors (Lipinski definition) is 3. The van der Waals surface area contributed by atoms with Gasteiger partial charge < -0.3 is 5.73 Å². The third kappa shape index (κ3) is 2.52. The van der Waals surface area contributed by atoms with Crippen LogP contribution in [0.3, 0.4) is 0 Å². The third-order valence-corrected chi connectivity index (χ3v) is 2.35. The van der Waals surface area contributed by atoms with Crippen molar-refractivity contribution >= 4 is 0 Å². The standard InChI is InChI=1S/C10H18N4/c1-3-8-4-6-9(7-5-8)10(11)14(2)13-12/h4-7,10,13H,3,11-12H2,1-2H3. The zero-order chi connectivity index (χ0) is 10.6. The fourth-order valence-corrected chi connectivity index (χ4v) is 1.25. The number of nitrogens with one attached hydrogen (secondary N) is 1. The Balaban J connectivity index is 2.75. The largest absolute Gasteiger partial charge is 0.311 e. The van der Waals surface area contributed by atoms with Gasteiger partial charge in [0.1, 0.15) is 0 Å². The van der Waals surface area contributed by atoms with E-state index in [9.17, 15) is 0 Å². The second kappa shape index (κ2) is 5.07. The lowest BCUT2D eigenvalue weighted by Crippen LogP contribution is -2.45. The number of benzene rings is 1. The van der Waals surface area contributed by atoms with Crippen LogP contribution < -0.4 is 17.1 Å². The van der Waals surface area contributed by atoms with Crippen molar-refractivity contribution in [2.75, 3.05) is 7.05 Å². The van der Waals surface area contributed by atoms with Crippen molar-refractivity contribution in [3.63, 3.8) is 0 Å². The SMILES string of the molecule is CCc1ccc(C(N)N(C)NN)cc1. The third-order valence-electron chi connectivity index (χ3n) is 2.35. The van der Waals surface area contributed by atoms with Gasteiger partial charge in [-0.2, -0.15) is 5.53 Å². The molecule has 0 aliphatic carbocycles. The molecule has 5 N–H and O–H groups in total. The van der Waals surface area contributed by atoms with Crippen molar-refractivity contribution in [3.8, 4) is 0 Å². The summed E-state index contributed by atoms with van der Waals surface area (Å²) in [6, 6.07) is 8.22. The van der Waals surface area contributed by atoms with Gasteiger partial charge in [-0.25, -0.2) is 5.01 Å².